The van der Waals surface area contributed by atoms with E-state index in [4.69, 9.17) is 0 Å². The maximum Gasteiger partial charge on any atom is 0.250 e. The van der Waals surface area contributed by atoms with E-state index in [9.17, 15) is 10.1 Å². The van der Waals surface area contributed by atoms with Crippen LogP contribution in [0.4, 0.5) is 0 Å². The van der Waals surface area contributed by atoms with Gasteiger partial charge in [-0.2, -0.15) is 0 Å². The fourth-order valence-corrected chi connectivity index (χ4v) is 2.04. The van der Waals surface area contributed by atoms with Crippen molar-refractivity contribution in [3.63, 3.8) is 0 Å². The predicted molar refractivity (Wildman–Crippen MR) is 59.1 cm³/mol. The minimum atomic E-state index is -0.432. The van der Waals surface area contributed by atoms with E-state index in [0.717, 1.165) is 31.1 Å². The number of likely N-dealkylation sites (tertiary alicyclic amines) is 1. The molecule has 84 valence electrons. The van der Waals surface area contributed by atoms with E-state index in [1.54, 1.807) is 12.4 Å². The second-order valence-corrected chi connectivity index (χ2v) is 3.77. The number of pyridine rings is 1. The van der Waals surface area contributed by atoms with E-state index in [0.29, 0.717) is 0 Å². The Morgan fingerprint density at radius 3 is 3.19 bits per heavy atom. The van der Waals surface area contributed by atoms with Crippen LogP contribution in [0.3, 0.4) is 0 Å². The molecule has 16 heavy (non-hydrogen) atoms. The lowest BCUT2D eigenvalue weighted by atomic mass is 10.1. The van der Waals surface area contributed by atoms with Crippen LogP contribution in [0.1, 0.15) is 24.4 Å². The first kappa shape index (κ1) is 10.6. The molecule has 2 rings (SSSR count). The molecule has 1 saturated heterocycles. The molecule has 0 aromatic carbocycles. The smallest absolute Gasteiger partial charge is 0.250 e. The molecular formula is C11H13N3O2. The van der Waals surface area contributed by atoms with E-state index in [1.165, 1.54) is 0 Å². The molecule has 5 nitrogen and oxygen atoms in total. The Bertz CT molecular complexity index is 391. The summed E-state index contributed by atoms with van der Waals surface area (Å²) in [6.07, 6.45) is 8.19. The molecule has 2 heterocycles. The van der Waals surface area contributed by atoms with Gasteiger partial charge in [0.25, 0.3) is 0 Å². The van der Waals surface area contributed by atoms with Crippen molar-refractivity contribution in [3.8, 4) is 0 Å². The van der Waals surface area contributed by atoms with Gasteiger partial charge < -0.3 is 4.90 Å². The molecule has 1 aromatic rings. The maximum atomic E-state index is 10.3. The molecule has 0 saturated carbocycles. The zero-order chi connectivity index (χ0) is 11.4. The third-order valence-corrected chi connectivity index (χ3v) is 2.74. The Labute approximate surface area is 93.6 Å². The number of hydrogen-bond acceptors (Lipinski definition) is 4. The molecule has 1 aromatic heterocycles. The lowest BCUT2D eigenvalue weighted by molar-refractivity contribution is -0.403. The topological polar surface area (TPSA) is 59.3 Å². The normalized spacial score (nSPS) is 20.5. The average molecular weight is 219 g/mol. The van der Waals surface area contributed by atoms with Crippen LogP contribution in [0.25, 0.3) is 0 Å². The van der Waals surface area contributed by atoms with Crippen LogP contribution < -0.4 is 0 Å². The van der Waals surface area contributed by atoms with Crippen molar-refractivity contribution in [2.45, 2.75) is 18.9 Å². The summed E-state index contributed by atoms with van der Waals surface area (Å²) in [6, 6.07) is 4.13. The van der Waals surface area contributed by atoms with Crippen LogP contribution in [-0.2, 0) is 0 Å². The number of rotatable bonds is 3. The van der Waals surface area contributed by atoms with Crippen LogP contribution in [0, 0.1) is 10.1 Å². The van der Waals surface area contributed by atoms with Crippen LogP contribution in [-0.4, -0.2) is 21.4 Å². The van der Waals surface area contributed by atoms with Crippen molar-refractivity contribution in [2.75, 3.05) is 6.54 Å². The Hall–Kier alpha value is -1.91. The van der Waals surface area contributed by atoms with E-state index in [1.807, 2.05) is 23.2 Å². The zero-order valence-electron chi connectivity index (χ0n) is 8.82. The minimum absolute atomic E-state index is 0.227. The summed E-state index contributed by atoms with van der Waals surface area (Å²) in [6.45, 7) is 0.865. The van der Waals surface area contributed by atoms with Gasteiger partial charge in [-0.05, 0) is 24.5 Å². The molecule has 0 N–H and O–H groups in total. The van der Waals surface area contributed by atoms with Crippen molar-refractivity contribution < 1.29 is 4.92 Å². The summed E-state index contributed by atoms with van der Waals surface area (Å²) in [5.74, 6) is 0. The summed E-state index contributed by atoms with van der Waals surface area (Å²) >= 11 is 0. The third-order valence-electron chi connectivity index (χ3n) is 2.74. The summed E-state index contributed by atoms with van der Waals surface area (Å²) in [5.41, 5.74) is 1.12. The number of hydrogen-bond donors (Lipinski definition) is 0. The number of nitro groups is 1. The average Bonchev–Trinajstić information content (AvgIpc) is 2.75. The standard InChI is InChI=1S/C11H13N3O2/c15-14(16)8-7-13-6-2-4-11(13)10-3-1-5-12-9-10/h1,3,5,7-9,11H,2,4,6H2. The molecular weight excluding hydrogens is 206 g/mol. The maximum absolute atomic E-state index is 10.3. The van der Waals surface area contributed by atoms with Crippen molar-refractivity contribution in [1.29, 1.82) is 0 Å². The van der Waals surface area contributed by atoms with E-state index in [-0.39, 0.29) is 6.04 Å². The van der Waals surface area contributed by atoms with E-state index < -0.39 is 4.92 Å². The predicted octanol–water partition coefficient (Wildman–Crippen LogP) is 1.97. The lowest BCUT2D eigenvalue weighted by Gasteiger charge is -2.21. The summed E-state index contributed by atoms with van der Waals surface area (Å²) in [7, 11) is 0. The summed E-state index contributed by atoms with van der Waals surface area (Å²) in [4.78, 5) is 15.9. The second-order valence-electron chi connectivity index (χ2n) is 3.77. The fraction of sp³-hybridized carbons (Fsp3) is 0.364. The van der Waals surface area contributed by atoms with Crippen molar-refractivity contribution in [3.05, 3.63) is 52.6 Å². The molecule has 1 aliphatic rings. The van der Waals surface area contributed by atoms with Crippen LogP contribution in [0.15, 0.2) is 36.9 Å². The Morgan fingerprint density at radius 2 is 2.50 bits per heavy atom. The van der Waals surface area contributed by atoms with Gasteiger partial charge in [0.1, 0.15) is 0 Å². The first-order valence-electron chi connectivity index (χ1n) is 5.25. The molecule has 1 unspecified atom stereocenters. The monoisotopic (exact) mass is 219 g/mol. The summed E-state index contributed by atoms with van der Waals surface area (Å²) in [5, 5.41) is 10.3. The molecule has 0 radical (unpaired) electrons. The quantitative estimate of drug-likeness (QED) is 0.576. The van der Waals surface area contributed by atoms with Gasteiger partial charge in [0, 0.05) is 18.9 Å². The third kappa shape index (κ3) is 2.36. The molecule has 5 heteroatoms. The SMILES string of the molecule is O=[N+]([O-])C=CN1CCCC1c1cccnc1. The lowest BCUT2D eigenvalue weighted by Crippen LogP contribution is -2.17. The van der Waals surface area contributed by atoms with Gasteiger partial charge in [0.05, 0.1) is 17.2 Å². The fourth-order valence-electron chi connectivity index (χ4n) is 2.04. The van der Waals surface area contributed by atoms with Crippen LogP contribution >= 0.6 is 0 Å². The Kier molecular flexibility index (Phi) is 3.14. The van der Waals surface area contributed by atoms with Crippen LogP contribution in [0.5, 0.6) is 0 Å². The zero-order valence-corrected chi connectivity index (χ0v) is 8.82. The van der Waals surface area contributed by atoms with Gasteiger partial charge in [-0.3, -0.25) is 15.1 Å². The van der Waals surface area contributed by atoms with Gasteiger partial charge in [-0.15, -0.1) is 0 Å². The van der Waals surface area contributed by atoms with Crippen LogP contribution in [0.2, 0.25) is 0 Å². The summed E-state index contributed by atoms with van der Waals surface area (Å²) < 4.78 is 0. The molecule has 0 amide bonds. The largest absolute Gasteiger partial charge is 0.365 e. The van der Waals surface area contributed by atoms with E-state index in [2.05, 4.69) is 4.98 Å². The molecule has 0 bridgehead atoms. The van der Waals surface area contributed by atoms with Crippen molar-refractivity contribution >= 4 is 0 Å². The highest BCUT2D eigenvalue weighted by Gasteiger charge is 2.23. The van der Waals surface area contributed by atoms with Gasteiger partial charge in [0.2, 0.25) is 6.20 Å². The van der Waals surface area contributed by atoms with Gasteiger partial charge in [-0.25, -0.2) is 0 Å². The Morgan fingerprint density at radius 1 is 1.62 bits per heavy atom. The highest BCUT2D eigenvalue weighted by molar-refractivity contribution is 5.16. The van der Waals surface area contributed by atoms with Gasteiger partial charge in [-0.1, -0.05) is 6.07 Å². The van der Waals surface area contributed by atoms with Gasteiger partial charge >= 0.3 is 0 Å². The van der Waals surface area contributed by atoms with Crippen molar-refractivity contribution in [1.82, 2.24) is 9.88 Å². The Balaban J connectivity index is 2.12. The highest BCUT2D eigenvalue weighted by Crippen LogP contribution is 2.31. The number of aromatic nitrogens is 1. The highest BCUT2D eigenvalue weighted by atomic mass is 16.6. The molecule has 0 aliphatic carbocycles. The molecule has 1 fully saturated rings. The molecule has 1 atom stereocenters. The minimum Gasteiger partial charge on any atom is -0.365 e. The van der Waals surface area contributed by atoms with Crippen molar-refractivity contribution in [2.24, 2.45) is 0 Å². The van der Waals surface area contributed by atoms with Gasteiger partial charge in [0.15, 0.2) is 0 Å². The first-order valence-corrected chi connectivity index (χ1v) is 5.25. The first-order chi connectivity index (χ1) is 7.77. The number of nitrogens with zero attached hydrogens (tertiary/aromatic N) is 3. The molecule has 1 aliphatic heterocycles. The molecule has 0 spiro atoms. The second kappa shape index (κ2) is 4.74. The van der Waals surface area contributed by atoms with E-state index >= 15 is 0 Å².